The summed E-state index contributed by atoms with van der Waals surface area (Å²) in [5.41, 5.74) is 0. The molecule has 0 aromatic carbocycles. The van der Waals surface area contributed by atoms with Crippen LogP contribution in [0.3, 0.4) is 0 Å². The number of nitrogens with one attached hydrogen (secondary N) is 3. The molecule has 0 aliphatic carbocycles. The number of hydrogen-bond acceptors (Lipinski definition) is 6. The molecule has 7 nitrogen and oxygen atoms in total. The van der Waals surface area contributed by atoms with Gasteiger partial charge >= 0.3 is 0 Å². The van der Waals surface area contributed by atoms with E-state index in [0.717, 1.165) is 30.9 Å². The van der Waals surface area contributed by atoms with Gasteiger partial charge in [0.2, 0.25) is 10.0 Å². The standard InChI is InChI=1S/C11H21N5O2S/c1-3-5-12-10-8-11(15-9-14-10)13-6-4-7-16-19(2,17)18/h8-9,16H,3-7H2,1-2H3,(H2,12,13,14,15). The fraction of sp³-hybridized carbons (Fsp3) is 0.636. The van der Waals surface area contributed by atoms with Crippen molar-refractivity contribution in [2.75, 3.05) is 36.5 Å². The third-order valence-electron chi connectivity index (χ3n) is 2.25. The Bertz CT molecular complexity index is 478. The summed E-state index contributed by atoms with van der Waals surface area (Å²) >= 11 is 0. The summed E-state index contributed by atoms with van der Waals surface area (Å²) in [6, 6.07) is 1.83. The molecule has 0 bridgehead atoms. The second kappa shape index (κ2) is 7.90. The molecule has 1 rings (SSSR count). The Morgan fingerprint density at radius 3 is 2.32 bits per heavy atom. The monoisotopic (exact) mass is 287 g/mol. The predicted molar refractivity (Wildman–Crippen MR) is 76.8 cm³/mol. The van der Waals surface area contributed by atoms with Crippen molar-refractivity contribution < 1.29 is 8.42 Å². The fourth-order valence-electron chi connectivity index (χ4n) is 1.37. The minimum atomic E-state index is -3.10. The summed E-state index contributed by atoms with van der Waals surface area (Å²) in [4.78, 5) is 8.19. The second-order valence-electron chi connectivity index (χ2n) is 4.16. The zero-order valence-corrected chi connectivity index (χ0v) is 12.1. The van der Waals surface area contributed by atoms with Gasteiger partial charge in [-0.3, -0.25) is 0 Å². The van der Waals surface area contributed by atoms with Crippen LogP contribution in [0.15, 0.2) is 12.4 Å². The van der Waals surface area contributed by atoms with E-state index in [4.69, 9.17) is 0 Å². The molecule has 19 heavy (non-hydrogen) atoms. The normalized spacial score (nSPS) is 11.3. The zero-order chi connectivity index (χ0) is 14.1. The maximum absolute atomic E-state index is 10.8. The number of anilines is 2. The van der Waals surface area contributed by atoms with Crippen LogP contribution < -0.4 is 15.4 Å². The first kappa shape index (κ1) is 15.6. The number of rotatable bonds is 9. The van der Waals surface area contributed by atoms with Crippen molar-refractivity contribution in [2.24, 2.45) is 0 Å². The molecule has 0 spiro atoms. The van der Waals surface area contributed by atoms with Crippen LogP contribution >= 0.6 is 0 Å². The van der Waals surface area contributed by atoms with Gasteiger partial charge in [0, 0.05) is 25.7 Å². The summed E-state index contributed by atoms with van der Waals surface area (Å²) < 4.78 is 24.1. The Morgan fingerprint density at radius 2 is 1.74 bits per heavy atom. The fourth-order valence-corrected chi connectivity index (χ4v) is 1.88. The van der Waals surface area contributed by atoms with Crippen LogP contribution in [-0.2, 0) is 10.0 Å². The van der Waals surface area contributed by atoms with Gasteiger partial charge < -0.3 is 10.6 Å². The number of aromatic nitrogens is 2. The van der Waals surface area contributed by atoms with Gasteiger partial charge in [-0.05, 0) is 12.8 Å². The summed E-state index contributed by atoms with van der Waals surface area (Å²) in [5.74, 6) is 1.52. The second-order valence-corrected chi connectivity index (χ2v) is 6.00. The Balaban J connectivity index is 2.29. The van der Waals surface area contributed by atoms with E-state index in [-0.39, 0.29) is 0 Å². The van der Waals surface area contributed by atoms with Crippen molar-refractivity contribution in [3.05, 3.63) is 12.4 Å². The lowest BCUT2D eigenvalue weighted by Gasteiger charge is -2.08. The Kier molecular flexibility index (Phi) is 6.51. The molecule has 0 atom stereocenters. The molecule has 0 amide bonds. The molecular weight excluding hydrogens is 266 g/mol. The highest BCUT2D eigenvalue weighted by molar-refractivity contribution is 7.88. The summed E-state index contributed by atoms with van der Waals surface area (Å²) in [6.45, 7) is 4.02. The van der Waals surface area contributed by atoms with Crippen LogP contribution in [-0.4, -0.2) is 44.3 Å². The van der Waals surface area contributed by atoms with Gasteiger partial charge in [-0.2, -0.15) is 0 Å². The summed E-state index contributed by atoms with van der Waals surface area (Å²) in [5, 5.41) is 6.30. The molecule has 0 fully saturated rings. The molecule has 0 aliphatic rings. The predicted octanol–water partition coefficient (Wildman–Crippen LogP) is 0.650. The summed E-state index contributed by atoms with van der Waals surface area (Å²) in [7, 11) is -3.10. The van der Waals surface area contributed by atoms with Crippen molar-refractivity contribution in [3.63, 3.8) is 0 Å². The largest absolute Gasteiger partial charge is 0.370 e. The smallest absolute Gasteiger partial charge is 0.208 e. The lowest BCUT2D eigenvalue weighted by atomic mass is 10.4. The van der Waals surface area contributed by atoms with Gasteiger partial charge in [-0.1, -0.05) is 6.92 Å². The van der Waals surface area contributed by atoms with E-state index in [2.05, 4.69) is 32.2 Å². The van der Waals surface area contributed by atoms with Gasteiger partial charge in [0.05, 0.1) is 6.26 Å². The van der Waals surface area contributed by atoms with Gasteiger partial charge in [-0.15, -0.1) is 0 Å². The molecule has 3 N–H and O–H groups in total. The lowest BCUT2D eigenvalue weighted by Crippen LogP contribution is -2.24. The third-order valence-corrected chi connectivity index (χ3v) is 2.98. The Morgan fingerprint density at radius 1 is 1.11 bits per heavy atom. The van der Waals surface area contributed by atoms with Crippen molar-refractivity contribution in [3.8, 4) is 0 Å². The van der Waals surface area contributed by atoms with E-state index in [1.807, 2.05) is 6.07 Å². The van der Waals surface area contributed by atoms with Crippen LogP contribution in [0.5, 0.6) is 0 Å². The Labute approximate surface area is 114 Å². The van der Waals surface area contributed by atoms with Crippen LogP contribution in [0, 0.1) is 0 Å². The minimum absolute atomic E-state index is 0.415. The summed E-state index contributed by atoms with van der Waals surface area (Å²) in [6.07, 6.45) is 4.37. The van der Waals surface area contributed by atoms with Crippen LogP contribution in [0.2, 0.25) is 0 Å². The molecular formula is C11H21N5O2S. The van der Waals surface area contributed by atoms with E-state index >= 15 is 0 Å². The van der Waals surface area contributed by atoms with E-state index in [1.165, 1.54) is 6.33 Å². The number of hydrogen-bond donors (Lipinski definition) is 3. The maximum atomic E-state index is 10.8. The SMILES string of the molecule is CCCNc1cc(NCCCNS(C)(=O)=O)ncn1. The van der Waals surface area contributed by atoms with Gasteiger partial charge in [0.25, 0.3) is 0 Å². The minimum Gasteiger partial charge on any atom is -0.370 e. The highest BCUT2D eigenvalue weighted by Crippen LogP contribution is 2.08. The Hall–Kier alpha value is -1.41. The van der Waals surface area contributed by atoms with Crippen molar-refractivity contribution in [1.82, 2.24) is 14.7 Å². The first-order chi connectivity index (χ1) is 9.01. The maximum Gasteiger partial charge on any atom is 0.208 e. The topological polar surface area (TPSA) is 96.0 Å². The average Bonchev–Trinajstić information content (AvgIpc) is 2.35. The molecule has 1 aromatic heterocycles. The van der Waals surface area contributed by atoms with E-state index in [1.54, 1.807) is 0 Å². The van der Waals surface area contributed by atoms with Gasteiger partial charge in [0.1, 0.15) is 18.0 Å². The number of nitrogens with zero attached hydrogens (tertiary/aromatic N) is 2. The quantitative estimate of drug-likeness (QED) is 0.577. The van der Waals surface area contributed by atoms with Crippen molar-refractivity contribution >= 4 is 21.7 Å². The first-order valence-electron chi connectivity index (χ1n) is 6.25. The molecule has 0 unspecified atom stereocenters. The average molecular weight is 287 g/mol. The molecule has 0 radical (unpaired) electrons. The van der Waals surface area contributed by atoms with Gasteiger partial charge in [-0.25, -0.2) is 23.1 Å². The third kappa shape index (κ3) is 7.58. The molecule has 1 heterocycles. The van der Waals surface area contributed by atoms with E-state index in [9.17, 15) is 8.42 Å². The van der Waals surface area contributed by atoms with E-state index in [0.29, 0.717) is 19.5 Å². The molecule has 0 saturated carbocycles. The highest BCUT2D eigenvalue weighted by atomic mass is 32.2. The zero-order valence-electron chi connectivity index (χ0n) is 11.3. The van der Waals surface area contributed by atoms with Crippen molar-refractivity contribution in [1.29, 1.82) is 0 Å². The van der Waals surface area contributed by atoms with Crippen molar-refractivity contribution in [2.45, 2.75) is 19.8 Å². The highest BCUT2D eigenvalue weighted by Gasteiger charge is 2.00. The first-order valence-corrected chi connectivity index (χ1v) is 8.15. The molecule has 8 heteroatoms. The molecule has 0 aliphatic heterocycles. The van der Waals surface area contributed by atoms with Crippen LogP contribution in [0.25, 0.3) is 0 Å². The number of sulfonamides is 1. The molecule has 108 valence electrons. The van der Waals surface area contributed by atoms with Crippen LogP contribution in [0.4, 0.5) is 11.6 Å². The lowest BCUT2D eigenvalue weighted by molar-refractivity contribution is 0.586. The molecule has 1 aromatic rings. The van der Waals surface area contributed by atoms with E-state index < -0.39 is 10.0 Å². The van der Waals surface area contributed by atoms with Crippen LogP contribution in [0.1, 0.15) is 19.8 Å². The van der Waals surface area contributed by atoms with Gasteiger partial charge in [0.15, 0.2) is 0 Å². The molecule has 0 saturated heterocycles.